The van der Waals surface area contributed by atoms with Gasteiger partial charge in [-0.25, -0.2) is 0 Å². The van der Waals surface area contributed by atoms with E-state index in [0.717, 1.165) is 11.4 Å². The molecule has 0 aliphatic carbocycles. The van der Waals surface area contributed by atoms with E-state index in [1.165, 1.54) is 0 Å². The number of hydrogen-bond donors (Lipinski definition) is 2. The lowest BCUT2D eigenvalue weighted by molar-refractivity contribution is 0.395. The fourth-order valence-electron chi connectivity index (χ4n) is 0.918. The van der Waals surface area contributed by atoms with Gasteiger partial charge in [0.15, 0.2) is 0 Å². The van der Waals surface area contributed by atoms with Crippen LogP contribution in [-0.2, 0) is 0 Å². The van der Waals surface area contributed by atoms with Crippen molar-refractivity contribution in [3.05, 3.63) is 18.2 Å². The standard InChI is InChI=1S/C8H12N2O2.2ClH/c1-11-6-3-4-7(10-9)8(5-6)12-2;;/h3-5,10H,9H2,1-2H3;2*1H. The largest absolute Gasteiger partial charge is 0.497 e. The second-order valence-corrected chi connectivity index (χ2v) is 2.21. The molecular weight excluding hydrogens is 227 g/mol. The summed E-state index contributed by atoms with van der Waals surface area (Å²) in [6.45, 7) is 0. The van der Waals surface area contributed by atoms with Crippen LogP contribution in [0.1, 0.15) is 0 Å². The Morgan fingerprint density at radius 2 is 1.79 bits per heavy atom. The predicted octanol–water partition coefficient (Wildman–Crippen LogP) is 1.83. The van der Waals surface area contributed by atoms with E-state index in [-0.39, 0.29) is 24.8 Å². The first-order valence-electron chi connectivity index (χ1n) is 3.50. The van der Waals surface area contributed by atoms with Crippen LogP contribution in [-0.4, -0.2) is 14.2 Å². The monoisotopic (exact) mass is 240 g/mol. The molecule has 0 amide bonds. The Balaban J connectivity index is 0. The smallest absolute Gasteiger partial charge is 0.146 e. The molecule has 4 nitrogen and oxygen atoms in total. The molecule has 0 saturated heterocycles. The van der Waals surface area contributed by atoms with Crippen LogP contribution in [0.3, 0.4) is 0 Å². The summed E-state index contributed by atoms with van der Waals surface area (Å²) < 4.78 is 10.1. The van der Waals surface area contributed by atoms with Gasteiger partial charge in [0.2, 0.25) is 0 Å². The summed E-state index contributed by atoms with van der Waals surface area (Å²) >= 11 is 0. The molecule has 6 heteroatoms. The molecule has 0 saturated carbocycles. The van der Waals surface area contributed by atoms with E-state index in [2.05, 4.69) is 5.43 Å². The van der Waals surface area contributed by atoms with Gasteiger partial charge in [-0.05, 0) is 12.1 Å². The number of benzene rings is 1. The summed E-state index contributed by atoms with van der Waals surface area (Å²) in [6, 6.07) is 5.35. The van der Waals surface area contributed by atoms with E-state index < -0.39 is 0 Å². The maximum atomic E-state index is 5.25. The third kappa shape index (κ3) is 3.49. The van der Waals surface area contributed by atoms with Crippen molar-refractivity contribution in [1.29, 1.82) is 0 Å². The highest BCUT2D eigenvalue weighted by Gasteiger charge is 2.01. The number of ether oxygens (including phenoxy) is 2. The fraction of sp³-hybridized carbons (Fsp3) is 0.250. The molecule has 0 bridgehead atoms. The van der Waals surface area contributed by atoms with Crippen LogP contribution in [0.4, 0.5) is 5.69 Å². The zero-order chi connectivity index (χ0) is 8.97. The van der Waals surface area contributed by atoms with Crippen LogP contribution in [0.2, 0.25) is 0 Å². The lowest BCUT2D eigenvalue weighted by atomic mass is 10.3. The number of anilines is 1. The number of hydrogen-bond acceptors (Lipinski definition) is 4. The first-order valence-corrected chi connectivity index (χ1v) is 3.50. The lowest BCUT2D eigenvalue weighted by Crippen LogP contribution is -2.07. The molecule has 1 aromatic carbocycles. The third-order valence-corrected chi connectivity index (χ3v) is 1.56. The van der Waals surface area contributed by atoms with Gasteiger partial charge in [-0.1, -0.05) is 0 Å². The number of halogens is 2. The van der Waals surface area contributed by atoms with Gasteiger partial charge in [0.05, 0.1) is 19.9 Å². The van der Waals surface area contributed by atoms with Gasteiger partial charge >= 0.3 is 0 Å². The number of nitrogens with one attached hydrogen (secondary N) is 1. The minimum absolute atomic E-state index is 0. The van der Waals surface area contributed by atoms with Crippen molar-refractivity contribution >= 4 is 30.5 Å². The van der Waals surface area contributed by atoms with E-state index in [9.17, 15) is 0 Å². The molecule has 1 aromatic rings. The Labute approximate surface area is 95.6 Å². The van der Waals surface area contributed by atoms with Crippen LogP contribution in [0.25, 0.3) is 0 Å². The van der Waals surface area contributed by atoms with Crippen LogP contribution < -0.4 is 20.7 Å². The molecule has 1 rings (SSSR count). The molecule has 0 atom stereocenters. The van der Waals surface area contributed by atoms with Crippen molar-refractivity contribution in [3.63, 3.8) is 0 Å². The summed E-state index contributed by atoms with van der Waals surface area (Å²) in [7, 11) is 3.18. The topological polar surface area (TPSA) is 56.5 Å². The lowest BCUT2D eigenvalue weighted by Gasteiger charge is -2.08. The Bertz CT molecular complexity index is 272. The zero-order valence-corrected chi connectivity index (χ0v) is 9.58. The van der Waals surface area contributed by atoms with Gasteiger partial charge in [0.25, 0.3) is 0 Å². The summed E-state index contributed by atoms with van der Waals surface area (Å²) in [6.07, 6.45) is 0. The molecule has 0 unspecified atom stereocenters. The average molecular weight is 241 g/mol. The predicted molar refractivity (Wildman–Crippen MR) is 61.9 cm³/mol. The molecule has 3 N–H and O–H groups in total. The van der Waals surface area contributed by atoms with Gasteiger partial charge in [-0.2, -0.15) is 0 Å². The second-order valence-electron chi connectivity index (χ2n) is 2.21. The molecule has 0 aromatic heterocycles. The van der Waals surface area contributed by atoms with Gasteiger partial charge in [0, 0.05) is 6.07 Å². The third-order valence-electron chi connectivity index (χ3n) is 1.56. The molecular formula is C8H14Cl2N2O2. The first kappa shape index (κ1) is 15.6. The van der Waals surface area contributed by atoms with E-state index in [1.807, 2.05) is 0 Å². The minimum atomic E-state index is 0. The minimum Gasteiger partial charge on any atom is -0.497 e. The number of methoxy groups -OCH3 is 2. The maximum Gasteiger partial charge on any atom is 0.146 e. The quantitative estimate of drug-likeness (QED) is 0.626. The molecule has 0 radical (unpaired) electrons. The normalized spacial score (nSPS) is 7.93. The second kappa shape index (κ2) is 7.55. The highest BCUT2D eigenvalue weighted by molar-refractivity contribution is 5.85. The highest BCUT2D eigenvalue weighted by Crippen LogP contribution is 2.27. The Kier molecular flexibility index (Phi) is 8.43. The van der Waals surface area contributed by atoms with E-state index in [0.29, 0.717) is 5.75 Å². The van der Waals surface area contributed by atoms with E-state index in [4.69, 9.17) is 15.3 Å². The molecule has 14 heavy (non-hydrogen) atoms. The van der Waals surface area contributed by atoms with E-state index >= 15 is 0 Å². The molecule has 82 valence electrons. The van der Waals surface area contributed by atoms with Crippen LogP contribution in [0.5, 0.6) is 11.5 Å². The zero-order valence-electron chi connectivity index (χ0n) is 7.94. The van der Waals surface area contributed by atoms with Gasteiger partial charge < -0.3 is 14.9 Å². The Morgan fingerprint density at radius 3 is 2.21 bits per heavy atom. The van der Waals surface area contributed by atoms with Gasteiger partial charge in [0.1, 0.15) is 11.5 Å². The summed E-state index contributed by atoms with van der Waals surface area (Å²) in [5, 5.41) is 0. The number of nitrogen functional groups attached to an aromatic ring is 1. The van der Waals surface area contributed by atoms with Crippen LogP contribution in [0.15, 0.2) is 18.2 Å². The summed E-state index contributed by atoms with van der Waals surface area (Å²) in [5.41, 5.74) is 3.25. The Morgan fingerprint density at radius 1 is 1.14 bits per heavy atom. The molecule has 0 heterocycles. The highest BCUT2D eigenvalue weighted by atomic mass is 35.5. The van der Waals surface area contributed by atoms with Gasteiger partial charge in [-0.3, -0.25) is 5.84 Å². The van der Waals surface area contributed by atoms with Crippen molar-refractivity contribution < 1.29 is 9.47 Å². The van der Waals surface area contributed by atoms with Crippen molar-refractivity contribution in [2.75, 3.05) is 19.6 Å². The van der Waals surface area contributed by atoms with Crippen molar-refractivity contribution in [2.45, 2.75) is 0 Å². The fourth-order valence-corrected chi connectivity index (χ4v) is 0.918. The number of hydrazine groups is 1. The summed E-state index contributed by atoms with van der Waals surface area (Å²) in [4.78, 5) is 0. The Hall–Kier alpha value is -0.840. The molecule has 0 aliphatic rings. The van der Waals surface area contributed by atoms with Crippen molar-refractivity contribution in [2.24, 2.45) is 5.84 Å². The van der Waals surface area contributed by atoms with Crippen LogP contribution in [0, 0.1) is 0 Å². The average Bonchev–Trinajstić information content (AvgIpc) is 2.16. The molecule has 0 aliphatic heterocycles. The molecule has 0 spiro atoms. The van der Waals surface area contributed by atoms with E-state index in [1.54, 1.807) is 32.4 Å². The molecule has 0 fully saturated rings. The van der Waals surface area contributed by atoms with Crippen LogP contribution >= 0.6 is 24.8 Å². The maximum absolute atomic E-state index is 5.25. The summed E-state index contributed by atoms with van der Waals surface area (Å²) in [5.74, 6) is 6.65. The van der Waals surface area contributed by atoms with Gasteiger partial charge in [-0.15, -0.1) is 24.8 Å². The number of rotatable bonds is 3. The van der Waals surface area contributed by atoms with Crippen molar-refractivity contribution in [1.82, 2.24) is 0 Å². The first-order chi connectivity index (χ1) is 5.81. The number of nitrogens with two attached hydrogens (primary N) is 1. The van der Waals surface area contributed by atoms with Crippen molar-refractivity contribution in [3.8, 4) is 11.5 Å². The SMILES string of the molecule is COc1ccc(NN)c(OC)c1.Cl.Cl.